The lowest BCUT2D eigenvalue weighted by molar-refractivity contribution is -0.118. The number of nitrogens with one attached hydrogen (secondary N) is 2. The molecule has 0 atom stereocenters. The highest BCUT2D eigenvalue weighted by Gasteiger charge is 2.19. The van der Waals surface area contributed by atoms with Gasteiger partial charge in [0, 0.05) is 5.39 Å². The summed E-state index contributed by atoms with van der Waals surface area (Å²) in [7, 11) is -3.86. The van der Waals surface area contributed by atoms with Crippen LogP contribution in [0.2, 0.25) is 0 Å². The largest absolute Gasteiger partial charge is 0.282 e. The highest BCUT2D eigenvalue weighted by Crippen LogP contribution is 2.19. The topological polar surface area (TPSA) is 88.2 Å². The molecule has 8 heteroatoms. The van der Waals surface area contributed by atoms with Crippen molar-refractivity contribution in [3.05, 3.63) is 66.0 Å². The number of hydrogen-bond donors (Lipinski definition) is 2. The third-order valence-electron chi connectivity index (χ3n) is 3.75. The first kappa shape index (κ1) is 17.8. The van der Waals surface area contributed by atoms with Gasteiger partial charge in [0.1, 0.15) is 17.4 Å². The van der Waals surface area contributed by atoms with Gasteiger partial charge in [-0.25, -0.2) is 17.8 Å². The minimum atomic E-state index is -3.86. The molecule has 0 radical (unpaired) electrons. The molecule has 1 amide bonds. The third-order valence-corrected chi connectivity index (χ3v) is 5.38. The number of anilines is 1. The number of aryl methyl sites for hydroxylation is 1. The minimum Gasteiger partial charge on any atom is -0.282 e. The molecule has 0 aliphatic rings. The summed E-state index contributed by atoms with van der Waals surface area (Å²) in [5.74, 6) is -1.67. The molecule has 0 bridgehead atoms. The predicted molar refractivity (Wildman–Crippen MR) is 96.7 cm³/mol. The van der Waals surface area contributed by atoms with Crippen LogP contribution in [0.15, 0.2) is 59.5 Å². The maximum atomic E-state index is 12.9. The van der Waals surface area contributed by atoms with Crippen LogP contribution in [0.5, 0.6) is 0 Å². The van der Waals surface area contributed by atoms with Crippen molar-refractivity contribution in [1.29, 1.82) is 0 Å². The lowest BCUT2D eigenvalue weighted by Crippen LogP contribution is -2.34. The van der Waals surface area contributed by atoms with E-state index in [9.17, 15) is 17.6 Å². The Labute approximate surface area is 150 Å². The lowest BCUT2D eigenvalue weighted by atomic mass is 10.1. The number of hydrazine groups is 1. The molecular weight excluding hydrogens is 357 g/mol. The quantitative estimate of drug-likeness (QED) is 0.530. The van der Waals surface area contributed by atoms with Crippen LogP contribution in [-0.2, 0) is 14.6 Å². The van der Waals surface area contributed by atoms with Gasteiger partial charge in [-0.2, -0.15) is 0 Å². The summed E-state index contributed by atoms with van der Waals surface area (Å²) in [4.78, 5) is 16.2. The Bertz CT molecular complexity index is 1070. The summed E-state index contributed by atoms with van der Waals surface area (Å²) < 4.78 is 37.2. The van der Waals surface area contributed by atoms with E-state index in [-0.39, 0.29) is 4.90 Å². The number of fused-ring (bicyclic) bond motifs is 1. The second-order valence-electron chi connectivity index (χ2n) is 5.73. The van der Waals surface area contributed by atoms with E-state index in [0.29, 0.717) is 5.82 Å². The maximum Gasteiger partial charge on any atom is 0.253 e. The molecule has 0 fully saturated rings. The smallest absolute Gasteiger partial charge is 0.253 e. The molecule has 2 N–H and O–H groups in total. The number of aromatic nitrogens is 1. The number of carbonyl (C=O) groups excluding carboxylic acids is 1. The van der Waals surface area contributed by atoms with Crippen molar-refractivity contribution in [2.75, 3.05) is 11.2 Å². The molecule has 0 saturated carbocycles. The molecule has 3 rings (SSSR count). The summed E-state index contributed by atoms with van der Waals surface area (Å²) in [6.45, 7) is 1.91. The zero-order chi connectivity index (χ0) is 18.7. The molecule has 26 heavy (non-hydrogen) atoms. The van der Waals surface area contributed by atoms with Crippen molar-refractivity contribution in [1.82, 2.24) is 10.4 Å². The van der Waals surface area contributed by atoms with Crippen LogP contribution >= 0.6 is 0 Å². The van der Waals surface area contributed by atoms with Gasteiger partial charge in [-0.15, -0.1) is 0 Å². The van der Waals surface area contributed by atoms with Crippen LogP contribution in [0.4, 0.5) is 10.2 Å². The standard InChI is InChI=1S/C18H16FN3O3S/c1-12-10-17(20-16-5-3-2-4-15(12)16)21-22-18(23)11-26(24,25)14-8-6-13(19)7-9-14/h2-10H,11H2,1H3,(H,20,21)(H,22,23). The van der Waals surface area contributed by atoms with Crippen molar-refractivity contribution in [3.63, 3.8) is 0 Å². The van der Waals surface area contributed by atoms with Gasteiger partial charge < -0.3 is 0 Å². The molecular formula is C18H16FN3O3S. The van der Waals surface area contributed by atoms with Crippen molar-refractivity contribution in [2.45, 2.75) is 11.8 Å². The average Bonchev–Trinajstić information content (AvgIpc) is 2.60. The highest BCUT2D eigenvalue weighted by atomic mass is 32.2. The van der Waals surface area contributed by atoms with Crippen molar-refractivity contribution < 1.29 is 17.6 Å². The van der Waals surface area contributed by atoms with Crippen LogP contribution < -0.4 is 10.9 Å². The molecule has 1 aromatic heterocycles. The normalized spacial score (nSPS) is 11.3. The Balaban J connectivity index is 1.68. The number of hydrogen-bond acceptors (Lipinski definition) is 5. The van der Waals surface area contributed by atoms with Gasteiger partial charge in [0.05, 0.1) is 10.4 Å². The number of rotatable bonds is 5. The van der Waals surface area contributed by atoms with Crippen molar-refractivity contribution in [2.24, 2.45) is 0 Å². The van der Waals surface area contributed by atoms with E-state index < -0.39 is 27.3 Å². The van der Waals surface area contributed by atoms with Crippen molar-refractivity contribution in [3.8, 4) is 0 Å². The highest BCUT2D eigenvalue weighted by molar-refractivity contribution is 7.92. The number of benzene rings is 2. The molecule has 0 aliphatic heterocycles. The van der Waals surface area contributed by atoms with Crippen LogP contribution in [0.3, 0.4) is 0 Å². The fourth-order valence-corrected chi connectivity index (χ4v) is 3.62. The van der Waals surface area contributed by atoms with E-state index in [1.165, 1.54) is 0 Å². The van der Waals surface area contributed by atoms with Gasteiger partial charge in [0.2, 0.25) is 0 Å². The number of halogens is 1. The monoisotopic (exact) mass is 373 g/mol. The average molecular weight is 373 g/mol. The molecule has 0 unspecified atom stereocenters. The fourth-order valence-electron chi connectivity index (χ4n) is 2.48. The van der Waals surface area contributed by atoms with Crippen molar-refractivity contribution >= 4 is 32.5 Å². The molecule has 0 aliphatic carbocycles. The summed E-state index contributed by atoms with van der Waals surface area (Å²) in [5.41, 5.74) is 6.67. The van der Waals surface area contributed by atoms with Crippen LogP contribution in [0.1, 0.15) is 5.56 Å². The molecule has 2 aromatic carbocycles. The first-order valence-electron chi connectivity index (χ1n) is 7.75. The summed E-state index contributed by atoms with van der Waals surface area (Å²) in [6, 6.07) is 13.6. The summed E-state index contributed by atoms with van der Waals surface area (Å²) in [6.07, 6.45) is 0. The molecule has 0 spiro atoms. The lowest BCUT2D eigenvalue weighted by Gasteiger charge is -2.10. The number of pyridine rings is 1. The summed E-state index contributed by atoms with van der Waals surface area (Å²) >= 11 is 0. The first-order chi connectivity index (χ1) is 12.3. The number of para-hydroxylation sites is 1. The fraction of sp³-hybridized carbons (Fsp3) is 0.111. The van der Waals surface area contributed by atoms with Gasteiger partial charge in [-0.05, 0) is 48.9 Å². The predicted octanol–water partition coefficient (Wildman–Crippen LogP) is 2.60. The third kappa shape index (κ3) is 3.97. The van der Waals surface area contributed by atoms with E-state index in [1.54, 1.807) is 6.07 Å². The molecule has 134 valence electrons. The maximum absolute atomic E-state index is 12.9. The van der Waals surface area contributed by atoms with Gasteiger partial charge in [-0.1, -0.05) is 18.2 Å². The molecule has 6 nitrogen and oxygen atoms in total. The second-order valence-corrected chi connectivity index (χ2v) is 7.72. The Morgan fingerprint density at radius 3 is 2.54 bits per heavy atom. The van der Waals surface area contributed by atoms with Gasteiger partial charge in [0.25, 0.3) is 5.91 Å². The van der Waals surface area contributed by atoms with Crippen LogP contribution in [-0.4, -0.2) is 25.1 Å². The zero-order valence-corrected chi connectivity index (χ0v) is 14.7. The second kappa shape index (κ2) is 7.09. The van der Waals surface area contributed by atoms with E-state index in [4.69, 9.17) is 0 Å². The number of amides is 1. The Kier molecular flexibility index (Phi) is 4.85. The Hall–Kier alpha value is -3.00. The van der Waals surface area contributed by atoms with E-state index in [0.717, 1.165) is 40.7 Å². The summed E-state index contributed by atoms with van der Waals surface area (Å²) in [5, 5.41) is 0.989. The number of carbonyl (C=O) groups is 1. The SMILES string of the molecule is Cc1cc(NNC(=O)CS(=O)(=O)c2ccc(F)cc2)nc2ccccc12. The molecule has 1 heterocycles. The van der Waals surface area contributed by atoms with Gasteiger partial charge in [0.15, 0.2) is 9.84 Å². The molecule has 3 aromatic rings. The Morgan fingerprint density at radius 1 is 1.12 bits per heavy atom. The van der Waals surface area contributed by atoms with E-state index >= 15 is 0 Å². The number of sulfone groups is 1. The van der Waals surface area contributed by atoms with Crippen LogP contribution in [0.25, 0.3) is 10.9 Å². The van der Waals surface area contributed by atoms with Gasteiger partial charge >= 0.3 is 0 Å². The molecule has 0 saturated heterocycles. The van der Waals surface area contributed by atoms with E-state index in [1.807, 2.05) is 31.2 Å². The van der Waals surface area contributed by atoms with E-state index in [2.05, 4.69) is 15.8 Å². The number of nitrogens with zero attached hydrogens (tertiary/aromatic N) is 1. The zero-order valence-electron chi connectivity index (χ0n) is 13.9. The van der Waals surface area contributed by atoms with Gasteiger partial charge in [-0.3, -0.25) is 15.6 Å². The minimum absolute atomic E-state index is 0.117. The Morgan fingerprint density at radius 2 is 1.81 bits per heavy atom. The van der Waals surface area contributed by atoms with Crippen LogP contribution in [0, 0.1) is 12.7 Å². The first-order valence-corrected chi connectivity index (χ1v) is 9.40.